The van der Waals surface area contributed by atoms with Gasteiger partial charge in [0.15, 0.2) is 5.65 Å². The molecule has 0 aliphatic carbocycles. The van der Waals surface area contributed by atoms with E-state index >= 15 is 0 Å². The predicted molar refractivity (Wildman–Crippen MR) is 195 cm³/mol. The molecule has 3 heterocycles. The Morgan fingerprint density at radius 2 is 1.65 bits per heavy atom. The number of hydrogen-bond acceptors (Lipinski definition) is 10. The molecule has 0 aliphatic heterocycles. The van der Waals surface area contributed by atoms with Crippen molar-refractivity contribution in [3.63, 3.8) is 0 Å². The summed E-state index contributed by atoms with van der Waals surface area (Å²) < 4.78 is 27.6. The number of aromatic nitrogens is 4. The van der Waals surface area contributed by atoms with E-state index in [1.807, 2.05) is 38.4 Å². The number of fused-ring (bicyclic) bond motifs is 1. The van der Waals surface area contributed by atoms with Crippen molar-refractivity contribution < 1.29 is 13.2 Å². The number of carbonyl (C=O) groups is 1. The van der Waals surface area contributed by atoms with Crippen LogP contribution in [0, 0.1) is 0 Å². The Hall–Kier alpha value is -6.05. The maximum Gasteiger partial charge on any atom is 0.269 e. The Morgan fingerprint density at radius 1 is 0.878 bits per heavy atom. The molecule has 0 spiro atoms. The topological polar surface area (TPSA) is 160 Å². The lowest BCUT2D eigenvalue weighted by molar-refractivity contribution is 0.102. The fourth-order valence-electron chi connectivity index (χ4n) is 5.03. The summed E-state index contributed by atoms with van der Waals surface area (Å²) in [5.74, 6) is 0.225. The van der Waals surface area contributed by atoms with Gasteiger partial charge >= 0.3 is 0 Å². The number of carbonyl (C=O) groups excluding carboxylic acids is 1. The normalized spacial score (nSPS) is 11.7. The number of likely N-dealkylation sites (N-methyl/N-ethyl adjacent to an activating group) is 1. The molecule has 13 heteroatoms. The lowest BCUT2D eigenvalue weighted by Gasteiger charge is -2.11. The van der Waals surface area contributed by atoms with Gasteiger partial charge in [-0.1, -0.05) is 36.4 Å². The van der Waals surface area contributed by atoms with Crippen LogP contribution in [-0.2, 0) is 10.0 Å². The van der Waals surface area contributed by atoms with Crippen LogP contribution in [0.2, 0.25) is 0 Å². The van der Waals surface area contributed by atoms with E-state index in [0.29, 0.717) is 51.6 Å². The van der Waals surface area contributed by atoms with Crippen LogP contribution in [0.15, 0.2) is 127 Å². The zero-order chi connectivity index (χ0) is 34.4. The molecular formula is C36H35N9O3S. The summed E-state index contributed by atoms with van der Waals surface area (Å²) in [5.41, 5.74) is 10.2. The lowest BCUT2D eigenvalue weighted by Crippen LogP contribution is -2.12. The highest BCUT2D eigenvalue weighted by molar-refractivity contribution is 7.90. The number of benzene rings is 3. The average molecular weight is 674 g/mol. The van der Waals surface area contributed by atoms with Crippen molar-refractivity contribution >= 4 is 55.8 Å². The molecule has 5 N–H and O–H groups in total. The third-order valence-electron chi connectivity index (χ3n) is 7.43. The number of anilines is 5. The summed E-state index contributed by atoms with van der Waals surface area (Å²) in [7, 11) is 0.222. The first-order chi connectivity index (χ1) is 23.7. The van der Waals surface area contributed by atoms with Crippen LogP contribution < -0.4 is 21.7 Å². The van der Waals surface area contributed by atoms with Gasteiger partial charge in [0, 0.05) is 65.1 Å². The summed E-state index contributed by atoms with van der Waals surface area (Å²) in [6, 6.07) is 27.9. The second-order valence-electron chi connectivity index (χ2n) is 11.4. The van der Waals surface area contributed by atoms with Crippen LogP contribution in [0.3, 0.4) is 0 Å². The van der Waals surface area contributed by atoms with Crippen LogP contribution in [0.5, 0.6) is 0 Å². The molecule has 0 saturated carbocycles. The first kappa shape index (κ1) is 32.9. The van der Waals surface area contributed by atoms with Crippen molar-refractivity contribution in [2.24, 2.45) is 0 Å². The molecule has 12 nitrogen and oxygen atoms in total. The molecular weight excluding hydrogens is 639 g/mol. The van der Waals surface area contributed by atoms with Gasteiger partial charge in [-0.2, -0.15) is 4.98 Å². The minimum absolute atomic E-state index is 0.0382. The van der Waals surface area contributed by atoms with Gasteiger partial charge in [0.25, 0.3) is 15.9 Å². The number of rotatable bonds is 12. The van der Waals surface area contributed by atoms with Crippen LogP contribution in [0.4, 0.5) is 28.8 Å². The monoisotopic (exact) mass is 673 g/mol. The highest BCUT2D eigenvalue weighted by Gasteiger charge is 2.20. The van der Waals surface area contributed by atoms with Gasteiger partial charge in [-0.25, -0.2) is 22.4 Å². The van der Waals surface area contributed by atoms with Gasteiger partial charge in [0.2, 0.25) is 5.95 Å². The molecule has 3 aromatic heterocycles. The van der Waals surface area contributed by atoms with E-state index in [-0.39, 0.29) is 16.8 Å². The zero-order valence-corrected chi connectivity index (χ0v) is 27.7. The van der Waals surface area contributed by atoms with E-state index in [2.05, 4.69) is 48.0 Å². The number of amides is 1. The van der Waals surface area contributed by atoms with Gasteiger partial charge in [0.05, 0.1) is 10.6 Å². The van der Waals surface area contributed by atoms with E-state index in [1.54, 1.807) is 79.0 Å². The van der Waals surface area contributed by atoms with Crippen molar-refractivity contribution in [3.8, 4) is 11.3 Å². The van der Waals surface area contributed by atoms with E-state index in [9.17, 15) is 13.2 Å². The number of nitrogens with two attached hydrogens (primary N) is 1. The predicted octanol–water partition coefficient (Wildman–Crippen LogP) is 5.84. The molecule has 1 amide bonds. The number of nitrogens with zero attached hydrogens (tertiary/aromatic N) is 5. The first-order valence-corrected chi connectivity index (χ1v) is 16.8. The van der Waals surface area contributed by atoms with Gasteiger partial charge in [-0.05, 0) is 80.8 Å². The maximum atomic E-state index is 13.2. The Balaban J connectivity index is 1.13. The van der Waals surface area contributed by atoms with Crippen LogP contribution >= 0.6 is 0 Å². The van der Waals surface area contributed by atoms with Crippen LogP contribution in [0.25, 0.3) is 22.3 Å². The quantitative estimate of drug-likeness (QED) is 0.116. The summed E-state index contributed by atoms with van der Waals surface area (Å²) in [6.45, 7) is 1.57. The lowest BCUT2D eigenvalue weighted by atomic mass is 10.1. The maximum absolute atomic E-state index is 13.2. The number of pyridine rings is 1. The highest BCUT2D eigenvalue weighted by atomic mass is 32.2. The van der Waals surface area contributed by atoms with Gasteiger partial charge in [-0.3, -0.25) is 4.79 Å². The van der Waals surface area contributed by atoms with Gasteiger partial charge < -0.3 is 26.6 Å². The summed E-state index contributed by atoms with van der Waals surface area (Å²) >= 11 is 0. The molecule has 0 unspecified atom stereocenters. The molecule has 3 aromatic carbocycles. The Labute approximate surface area is 284 Å². The Kier molecular flexibility index (Phi) is 9.65. The van der Waals surface area contributed by atoms with Crippen molar-refractivity contribution in [1.29, 1.82) is 0 Å². The molecule has 0 atom stereocenters. The standard InChI is InChI=1S/C36H35N9O3S/c1-44(2)19-7-6-18-38-28-15-13-25(14-16-28)35(46)41-30-10-8-9-29(22-30)40-33-23-32(42-36(37)43-33)27-21-26-17-20-45(34(26)39-24-27)49(47,48)31-11-4-3-5-12-31/h3-17,20-24,38H,18-19H2,1-2H3,(H,41,46)(H3,37,40,42,43)/b7-6+. The molecule has 0 bridgehead atoms. The highest BCUT2D eigenvalue weighted by Crippen LogP contribution is 2.28. The zero-order valence-electron chi connectivity index (χ0n) is 26.9. The van der Waals surface area contributed by atoms with Crippen molar-refractivity contribution in [1.82, 2.24) is 23.8 Å². The average Bonchev–Trinajstić information content (AvgIpc) is 3.53. The van der Waals surface area contributed by atoms with Crippen LogP contribution in [-0.4, -0.2) is 65.3 Å². The first-order valence-electron chi connectivity index (χ1n) is 15.4. The molecule has 49 heavy (non-hydrogen) atoms. The van der Waals surface area contributed by atoms with Crippen LogP contribution in [0.1, 0.15) is 10.4 Å². The molecule has 0 radical (unpaired) electrons. The molecule has 0 saturated heterocycles. The summed E-state index contributed by atoms with van der Waals surface area (Å²) in [6.07, 6.45) is 7.19. The van der Waals surface area contributed by atoms with E-state index < -0.39 is 10.0 Å². The number of hydrogen-bond donors (Lipinski definition) is 4. The second-order valence-corrected chi connectivity index (χ2v) is 13.2. The molecule has 0 aliphatic rings. The van der Waals surface area contributed by atoms with E-state index in [1.165, 1.54) is 6.20 Å². The van der Waals surface area contributed by atoms with Gasteiger partial charge in [0.1, 0.15) is 5.82 Å². The van der Waals surface area contributed by atoms with Crippen molar-refractivity contribution in [2.45, 2.75) is 4.90 Å². The Bertz CT molecular complexity index is 2230. The summed E-state index contributed by atoms with van der Waals surface area (Å²) in [4.78, 5) is 28.4. The minimum atomic E-state index is -3.82. The van der Waals surface area contributed by atoms with E-state index in [0.717, 1.165) is 16.2 Å². The van der Waals surface area contributed by atoms with Gasteiger partial charge in [-0.15, -0.1) is 0 Å². The molecule has 6 rings (SSSR count). The molecule has 6 aromatic rings. The van der Waals surface area contributed by atoms with Crippen molar-refractivity contribution in [3.05, 3.63) is 127 Å². The fraction of sp³-hybridized carbons (Fsp3) is 0.111. The number of nitrogen functional groups attached to an aromatic ring is 1. The third-order valence-corrected chi connectivity index (χ3v) is 9.11. The minimum Gasteiger partial charge on any atom is -0.382 e. The SMILES string of the molecule is CN(C)C/C=C/CNc1ccc(C(=O)Nc2cccc(Nc3cc(-c4cnc5c(ccn5S(=O)(=O)c5ccccc5)c4)nc(N)n3)c2)cc1. The molecule has 0 fully saturated rings. The largest absolute Gasteiger partial charge is 0.382 e. The number of nitrogens with one attached hydrogen (secondary N) is 3. The third kappa shape index (κ3) is 7.92. The molecule has 248 valence electrons. The van der Waals surface area contributed by atoms with Crippen molar-refractivity contribution in [2.75, 3.05) is 48.9 Å². The fourth-order valence-corrected chi connectivity index (χ4v) is 6.36. The summed E-state index contributed by atoms with van der Waals surface area (Å²) in [5, 5.41) is 10.1. The van der Waals surface area contributed by atoms with E-state index in [4.69, 9.17) is 5.73 Å². The Morgan fingerprint density at radius 3 is 2.43 bits per heavy atom. The smallest absolute Gasteiger partial charge is 0.269 e. The second kappa shape index (κ2) is 14.4.